The van der Waals surface area contributed by atoms with Gasteiger partial charge in [-0.15, -0.1) is 0 Å². The average Bonchev–Trinajstić information content (AvgIpc) is 2.76. The molecule has 0 aliphatic heterocycles. The largest absolute Gasteiger partial charge is 0.310 e. The van der Waals surface area contributed by atoms with E-state index in [4.69, 9.17) is 0 Å². The van der Waals surface area contributed by atoms with Gasteiger partial charge in [0, 0.05) is 17.1 Å². The molecule has 0 amide bonds. The summed E-state index contributed by atoms with van der Waals surface area (Å²) in [6.07, 6.45) is 1.07. The monoisotopic (exact) mass is 349 g/mol. The van der Waals surface area contributed by atoms with Gasteiger partial charge in [-0.2, -0.15) is 0 Å². The Kier molecular flexibility index (Phi) is 5.02. The standard InChI is InChI=1S/C26H23N/c1-2-21-16-18-22(19-17-21)23-10-9-15-26(20-23)27(24-11-5-3-6-12-24)25-13-7-4-8-14-25/h3-20H,2H2,1H3. The van der Waals surface area contributed by atoms with Gasteiger partial charge in [-0.25, -0.2) is 0 Å². The third-order valence-electron chi connectivity index (χ3n) is 4.83. The predicted octanol–water partition coefficient (Wildman–Crippen LogP) is 7.39. The Morgan fingerprint density at radius 2 is 1.07 bits per heavy atom. The lowest BCUT2D eigenvalue weighted by Crippen LogP contribution is -2.09. The molecule has 0 aromatic heterocycles. The van der Waals surface area contributed by atoms with Gasteiger partial charge in [0.15, 0.2) is 0 Å². The first kappa shape index (κ1) is 17.1. The van der Waals surface area contributed by atoms with Gasteiger partial charge in [-0.1, -0.05) is 79.7 Å². The van der Waals surface area contributed by atoms with Gasteiger partial charge in [-0.3, -0.25) is 0 Å². The van der Waals surface area contributed by atoms with Crippen molar-refractivity contribution in [2.75, 3.05) is 4.90 Å². The van der Waals surface area contributed by atoms with E-state index in [1.54, 1.807) is 0 Å². The maximum Gasteiger partial charge on any atom is 0.0467 e. The van der Waals surface area contributed by atoms with Crippen molar-refractivity contribution in [2.45, 2.75) is 13.3 Å². The zero-order valence-electron chi connectivity index (χ0n) is 15.5. The zero-order valence-corrected chi connectivity index (χ0v) is 15.5. The van der Waals surface area contributed by atoms with Crippen LogP contribution in [-0.2, 0) is 6.42 Å². The fourth-order valence-corrected chi connectivity index (χ4v) is 3.36. The minimum atomic E-state index is 1.07. The van der Waals surface area contributed by atoms with Crippen LogP contribution in [0.4, 0.5) is 17.1 Å². The minimum Gasteiger partial charge on any atom is -0.310 e. The summed E-state index contributed by atoms with van der Waals surface area (Å²) in [6.45, 7) is 2.19. The van der Waals surface area contributed by atoms with Gasteiger partial charge in [0.05, 0.1) is 0 Å². The Labute approximate surface area is 161 Å². The summed E-state index contributed by atoms with van der Waals surface area (Å²) in [5.74, 6) is 0. The highest BCUT2D eigenvalue weighted by atomic mass is 15.1. The van der Waals surface area contributed by atoms with Crippen LogP contribution in [0.1, 0.15) is 12.5 Å². The summed E-state index contributed by atoms with van der Waals surface area (Å²) in [5, 5.41) is 0. The van der Waals surface area contributed by atoms with Crippen molar-refractivity contribution >= 4 is 17.1 Å². The molecule has 0 saturated carbocycles. The van der Waals surface area contributed by atoms with E-state index < -0.39 is 0 Å². The lowest BCUT2D eigenvalue weighted by Gasteiger charge is -2.25. The molecule has 0 atom stereocenters. The number of rotatable bonds is 5. The highest BCUT2D eigenvalue weighted by molar-refractivity contribution is 5.79. The highest BCUT2D eigenvalue weighted by Crippen LogP contribution is 2.36. The average molecular weight is 349 g/mol. The number of hydrogen-bond acceptors (Lipinski definition) is 1. The van der Waals surface area contributed by atoms with Crippen molar-refractivity contribution in [1.29, 1.82) is 0 Å². The molecular formula is C26H23N. The Balaban J connectivity index is 1.79. The Morgan fingerprint density at radius 1 is 0.519 bits per heavy atom. The molecule has 4 aromatic carbocycles. The van der Waals surface area contributed by atoms with Crippen molar-refractivity contribution in [3.05, 3.63) is 115 Å². The Morgan fingerprint density at radius 3 is 1.63 bits per heavy atom. The van der Waals surface area contributed by atoms with E-state index in [2.05, 4.69) is 121 Å². The van der Waals surface area contributed by atoms with Crippen molar-refractivity contribution in [2.24, 2.45) is 0 Å². The van der Waals surface area contributed by atoms with Crippen LogP contribution in [0.3, 0.4) is 0 Å². The number of anilines is 3. The van der Waals surface area contributed by atoms with E-state index in [0.29, 0.717) is 0 Å². The first-order chi connectivity index (χ1) is 13.3. The fourth-order valence-electron chi connectivity index (χ4n) is 3.36. The smallest absolute Gasteiger partial charge is 0.0467 e. The van der Waals surface area contributed by atoms with Crippen molar-refractivity contribution < 1.29 is 0 Å². The summed E-state index contributed by atoms with van der Waals surface area (Å²) in [7, 11) is 0. The quantitative estimate of drug-likeness (QED) is 0.363. The van der Waals surface area contributed by atoms with Crippen LogP contribution in [0.2, 0.25) is 0 Å². The molecule has 0 radical (unpaired) electrons. The third kappa shape index (κ3) is 3.78. The molecule has 0 N–H and O–H groups in total. The summed E-state index contributed by atoms with van der Waals surface area (Å²) < 4.78 is 0. The van der Waals surface area contributed by atoms with E-state index in [9.17, 15) is 0 Å². The van der Waals surface area contributed by atoms with E-state index in [1.165, 1.54) is 16.7 Å². The Hall–Kier alpha value is -3.32. The van der Waals surface area contributed by atoms with Gasteiger partial charge < -0.3 is 4.90 Å². The topological polar surface area (TPSA) is 3.24 Å². The van der Waals surface area contributed by atoms with E-state index >= 15 is 0 Å². The van der Waals surface area contributed by atoms with Crippen LogP contribution in [0.25, 0.3) is 11.1 Å². The van der Waals surface area contributed by atoms with Crippen LogP contribution < -0.4 is 4.90 Å². The maximum atomic E-state index is 2.30. The number of para-hydroxylation sites is 2. The predicted molar refractivity (Wildman–Crippen MR) is 116 cm³/mol. The summed E-state index contributed by atoms with van der Waals surface area (Å²) >= 11 is 0. The van der Waals surface area contributed by atoms with Crippen LogP contribution in [0.15, 0.2) is 109 Å². The molecule has 132 valence electrons. The summed E-state index contributed by atoms with van der Waals surface area (Å²) in [4.78, 5) is 2.30. The second-order valence-corrected chi connectivity index (χ2v) is 6.61. The molecule has 0 bridgehead atoms. The minimum absolute atomic E-state index is 1.07. The molecule has 0 saturated heterocycles. The molecule has 0 aliphatic carbocycles. The molecule has 0 aliphatic rings. The number of nitrogens with zero attached hydrogens (tertiary/aromatic N) is 1. The van der Waals surface area contributed by atoms with Gasteiger partial charge in [0.1, 0.15) is 0 Å². The summed E-state index contributed by atoms with van der Waals surface area (Å²) in [5.41, 5.74) is 7.31. The molecule has 0 spiro atoms. The molecule has 4 aromatic rings. The van der Waals surface area contributed by atoms with Gasteiger partial charge in [0.25, 0.3) is 0 Å². The number of benzene rings is 4. The first-order valence-electron chi connectivity index (χ1n) is 9.45. The summed E-state index contributed by atoms with van der Waals surface area (Å²) in [6, 6.07) is 38.6. The molecule has 0 heterocycles. The SMILES string of the molecule is CCc1ccc(-c2cccc(N(c3ccccc3)c3ccccc3)c2)cc1. The van der Waals surface area contributed by atoms with Crippen molar-refractivity contribution in [3.8, 4) is 11.1 Å². The van der Waals surface area contributed by atoms with Gasteiger partial charge in [-0.05, 0) is 59.5 Å². The van der Waals surface area contributed by atoms with E-state index in [1.807, 2.05) is 0 Å². The highest BCUT2D eigenvalue weighted by Gasteiger charge is 2.12. The second-order valence-electron chi connectivity index (χ2n) is 6.61. The molecule has 1 heteroatoms. The lowest BCUT2D eigenvalue weighted by atomic mass is 10.0. The molecule has 27 heavy (non-hydrogen) atoms. The number of aryl methyl sites for hydroxylation is 1. The van der Waals surface area contributed by atoms with Crippen LogP contribution in [0.5, 0.6) is 0 Å². The van der Waals surface area contributed by atoms with Gasteiger partial charge in [0.2, 0.25) is 0 Å². The fraction of sp³-hybridized carbons (Fsp3) is 0.0769. The van der Waals surface area contributed by atoms with Crippen LogP contribution in [0, 0.1) is 0 Å². The second kappa shape index (κ2) is 7.92. The zero-order chi connectivity index (χ0) is 18.5. The first-order valence-corrected chi connectivity index (χ1v) is 9.45. The lowest BCUT2D eigenvalue weighted by molar-refractivity contribution is 1.14. The van der Waals surface area contributed by atoms with Crippen molar-refractivity contribution in [1.82, 2.24) is 0 Å². The van der Waals surface area contributed by atoms with Crippen LogP contribution in [-0.4, -0.2) is 0 Å². The van der Waals surface area contributed by atoms with E-state index in [0.717, 1.165) is 23.5 Å². The molecular weight excluding hydrogens is 326 g/mol. The van der Waals surface area contributed by atoms with Crippen molar-refractivity contribution in [3.63, 3.8) is 0 Å². The molecule has 0 fully saturated rings. The molecule has 1 nitrogen and oxygen atoms in total. The Bertz CT molecular complexity index is 950. The maximum absolute atomic E-state index is 2.30. The molecule has 0 unspecified atom stereocenters. The third-order valence-corrected chi connectivity index (χ3v) is 4.83. The van der Waals surface area contributed by atoms with Crippen LogP contribution >= 0.6 is 0 Å². The molecule has 4 rings (SSSR count). The number of hydrogen-bond donors (Lipinski definition) is 0. The van der Waals surface area contributed by atoms with Gasteiger partial charge >= 0.3 is 0 Å². The van der Waals surface area contributed by atoms with E-state index in [-0.39, 0.29) is 0 Å². The normalized spacial score (nSPS) is 10.6.